The van der Waals surface area contributed by atoms with Gasteiger partial charge >= 0.3 is 0 Å². The molecule has 0 heterocycles. The zero-order chi connectivity index (χ0) is 16.5. The third-order valence-electron chi connectivity index (χ3n) is 2.91. The summed E-state index contributed by atoms with van der Waals surface area (Å²) in [7, 11) is 0. The SMILES string of the molecule is N=C(N)c1ccc(C(=O)N[C@H](C=O)CCCN=C(N)N)cc1. The maximum absolute atomic E-state index is 12.0. The van der Waals surface area contributed by atoms with Crippen LogP contribution in [0.3, 0.4) is 0 Å². The number of rotatable bonds is 8. The van der Waals surface area contributed by atoms with E-state index in [1.165, 1.54) is 0 Å². The molecule has 8 heteroatoms. The molecule has 0 spiro atoms. The van der Waals surface area contributed by atoms with Gasteiger partial charge < -0.3 is 27.3 Å². The summed E-state index contributed by atoms with van der Waals surface area (Å²) >= 11 is 0. The Kier molecular flexibility index (Phi) is 6.55. The fraction of sp³-hybridized carbons (Fsp3) is 0.286. The highest BCUT2D eigenvalue weighted by Crippen LogP contribution is 2.05. The molecule has 1 rings (SSSR count). The number of aliphatic imine (C=N–C) groups is 1. The van der Waals surface area contributed by atoms with Crippen LogP contribution >= 0.6 is 0 Å². The zero-order valence-electron chi connectivity index (χ0n) is 12.1. The second-order valence-corrected chi connectivity index (χ2v) is 4.66. The van der Waals surface area contributed by atoms with Gasteiger partial charge in [0.2, 0.25) is 0 Å². The van der Waals surface area contributed by atoms with Crippen LogP contribution in [0.1, 0.15) is 28.8 Å². The molecule has 8 nitrogen and oxygen atoms in total. The topological polar surface area (TPSA) is 160 Å². The van der Waals surface area contributed by atoms with Crippen molar-refractivity contribution in [1.82, 2.24) is 5.32 Å². The normalized spacial score (nSPS) is 11.3. The van der Waals surface area contributed by atoms with E-state index in [9.17, 15) is 9.59 Å². The van der Waals surface area contributed by atoms with Crippen molar-refractivity contribution < 1.29 is 9.59 Å². The van der Waals surface area contributed by atoms with E-state index in [0.29, 0.717) is 36.8 Å². The standard InChI is InChI=1S/C14H20N6O2/c15-12(16)9-3-5-10(6-4-9)13(22)20-11(8-21)2-1-7-19-14(17)18/h3-6,8,11H,1-2,7H2,(H3,15,16)(H,20,22)(H4,17,18,19)/t11-/m0/s1. The molecule has 1 aromatic rings. The largest absolute Gasteiger partial charge is 0.384 e. The Bertz CT molecular complexity index is 563. The van der Waals surface area contributed by atoms with Crippen molar-refractivity contribution in [2.75, 3.05) is 6.54 Å². The van der Waals surface area contributed by atoms with Crippen LogP contribution in [0.4, 0.5) is 0 Å². The van der Waals surface area contributed by atoms with Crippen LogP contribution in [0.5, 0.6) is 0 Å². The fourth-order valence-electron chi connectivity index (χ4n) is 1.75. The molecule has 0 aliphatic heterocycles. The van der Waals surface area contributed by atoms with Crippen molar-refractivity contribution in [1.29, 1.82) is 5.41 Å². The number of amides is 1. The van der Waals surface area contributed by atoms with Gasteiger partial charge in [-0.05, 0) is 25.0 Å². The summed E-state index contributed by atoms with van der Waals surface area (Å²) < 4.78 is 0. The van der Waals surface area contributed by atoms with Crippen molar-refractivity contribution in [3.8, 4) is 0 Å². The molecule has 0 unspecified atom stereocenters. The first-order valence-corrected chi connectivity index (χ1v) is 6.70. The number of nitrogens with zero attached hydrogens (tertiary/aromatic N) is 1. The highest BCUT2D eigenvalue weighted by atomic mass is 16.2. The molecule has 0 fully saturated rings. The van der Waals surface area contributed by atoms with E-state index in [4.69, 9.17) is 22.6 Å². The van der Waals surface area contributed by atoms with Gasteiger partial charge in [0, 0.05) is 17.7 Å². The maximum atomic E-state index is 12.0. The summed E-state index contributed by atoms with van der Waals surface area (Å²) in [6.45, 7) is 0.399. The zero-order valence-corrected chi connectivity index (χ0v) is 12.1. The van der Waals surface area contributed by atoms with E-state index in [1.807, 2.05) is 0 Å². The number of nitrogens with one attached hydrogen (secondary N) is 2. The summed E-state index contributed by atoms with van der Waals surface area (Å²) in [6, 6.07) is 5.65. The van der Waals surface area contributed by atoms with Crippen LogP contribution in [0.15, 0.2) is 29.3 Å². The Balaban J connectivity index is 2.55. The van der Waals surface area contributed by atoms with E-state index in [2.05, 4.69) is 10.3 Å². The predicted molar refractivity (Wildman–Crippen MR) is 84.7 cm³/mol. The Morgan fingerprint density at radius 3 is 2.32 bits per heavy atom. The molecule has 22 heavy (non-hydrogen) atoms. The number of hydrogen-bond donors (Lipinski definition) is 5. The van der Waals surface area contributed by atoms with Gasteiger partial charge in [0.05, 0.1) is 6.04 Å². The van der Waals surface area contributed by atoms with Gasteiger partial charge in [-0.1, -0.05) is 12.1 Å². The second kappa shape index (κ2) is 8.40. The number of aldehydes is 1. The molecule has 1 amide bonds. The van der Waals surface area contributed by atoms with Crippen molar-refractivity contribution in [3.63, 3.8) is 0 Å². The van der Waals surface area contributed by atoms with Crippen molar-refractivity contribution in [2.45, 2.75) is 18.9 Å². The third-order valence-corrected chi connectivity index (χ3v) is 2.91. The molecule has 0 saturated carbocycles. The van der Waals surface area contributed by atoms with Gasteiger partial charge in [-0.2, -0.15) is 0 Å². The van der Waals surface area contributed by atoms with Gasteiger partial charge in [0.1, 0.15) is 12.1 Å². The molecular formula is C14H20N6O2. The van der Waals surface area contributed by atoms with Crippen LogP contribution in [0.25, 0.3) is 0 Å². The molecule has 118 valence electrons. The molecule has 1 aromatic carbocycles. The highest BCUT2D eigenvalue weighted by Gasteiger charge is 2.12. The van der Waals surface area contributed by atoms with Crippen LogP contribution in [-0.2, 0) is 4.79 Å². The van der Waals surface area contributed by atoms with Gasteiger partial charge in [-0.25, -0.2) is 0 Å². The van der Waals surface area contributed by atoms with E-state index >= 15 is 0 Å². The molecule has 0 radical (unpaired) electrons. The van der Waals surface area contributed by atoms with Crippen molar-refractivity contribution in [2.24, 2.45) is 22.2 Å². The monoisotopic (exact) mass is 304 g/mol. The minimum Gasteiger partial charge on any atom is -0.384 e. The van der Waals surface area contributed by atoms with Crippen LogP contribution < -0.4 is 22.5 Å². The molecule has 0 aromatic heterocycles. The lowest BCUT2D eigenvalue weighted by Crippen LogP contribution is -2.36. The Labute approximate surface area is 128 Å². The second-order valence-electron chi connectivity index (χ2n) is 4.66. The van der Waals surface area contributed by atoms with Crippen LogP contribution in [-0.4, -0.2) is 36.6 Å². The molecule has 0 aliphatic carbocycles. The summed E-state index contributed by atoms with van der Waals surface area (Å²) in [5.41, 5.74) is 16.7. The van der Waals surface area contributed by atoms with Crippen LogP contribution in [0.2, 0.25) is 0 Å². The number of carbonyl (C=O) groups is 2. The number of carbonyl (C=O) groups excluding carboxylic acids is 2. The number of hydrogen-bond acceptors (Lipinski definition) is 4. The Hall–Kier alpha value is -2.90. The highest BCUT2D eigenvalue weighted by molar-refractivity contribution is 5.98. The first-order chi connectivity index (χ1) is 10.4. The van der Waals surface area contributed by atoms with Crippen LogP contribution in [0, 0.1) is 5.41 Å². The number of amidine groups is 1. The van der Waals surface area contributed by atoms with Gasteiger partial charge in [-0.3, -0.25) is 15.2 Å². The van der Waals surface area contributed by atoms with E-state index < -0.39 is 6.04 Å². The average molecular weight is 304 g/mol. The first-order valence-electron chi connectivity index (χ1n) is 6.70. The molecule has 0 aliphatic rings. The Morgan fingerprint density at radius 2 is 1.82 bits per heavy atom. The van der Waals surface area contributed by atoms with Gasteiger partial charge in [-0.15, -0.1) is 0 Å². The summed E-state index contributed by atoms with van der Waals surface area (Å²) in [6.07, 6.45) is 1.69. The Morgan fingerprint density at radius 1 is 1.23 bits per heavy atom. The fourth-order valence-corrected chi connectivity index (χ4v) is 1.75. The van der Waals surface area contributed by atoms with Gasteiger partial charge in [0.25, 0.3) is 5.91 Å². The van der Waals surface area contributed by atoms with Crippen molar-refractivity contribution in [3.05, 3.63) is 35.4 Å². The summed E-state index contributed by atoms with van der Waals surface area (Å²) in [5.74, 6) is -0.441. The number of guanidine groups is 1. The third kappa shape index (κ3) is 5.61. The molecule has 0 bridgehead atoms. The summed E-state index contributed by atoms with van der Waals surface area (Å²) in [5, 5.41) is 9.90. The first kappa shape index (κ1) is 17.2. The maximum Gasteiger partial charge on any atom is 0.251 e. The lowest BCUT2D eigenvalue weighted by Gasteiger charge is -2.12. The molecule has 0 saturated heterocycles. The number of nitrogen functional groups attached to an aromatic ring is 1. The molecule has 8 N–H and O–H groups in total. The number of benzene rings is 1. The minimum atomic E-state index is -0.603. The van der Waals surface area contributed by atoms with E-state index in [-0.39, 0.29) is 17.7 Å². The lowest BCUT2D eigenvalue weighted by atomic mass is 10.1. The quantitative estimate of drug-likeness (QED) is 0.186. The number of nitrogens with two attached hydrogens (primary N) is 3. The minimum absolute atomic E-state index is 0.00255. The molecule has 1 atom stereocenters. The lowest BCUT2D eigenvalue weighted by molar-refractivity contribution is -0.109. The predicted octanol–water partition coefficient (Wildman–Crippen LogP) is -0.678. The van der Waals surface area contributed by atoms with E-state index in [1.54, 1.807) is 24.3 Å². The van der Waals surface area contributed by atoms with Gasteiger partial charge in [0.15, 0.2) is 5.96 Å². The average Bonchev–Trinajstić information content (AvgIpc) is 2.49. The molecular weight excluding hydrogens is 284 g/mol. The summed E-state index contributed by atoms with van der Waals surface area (Å²) in [4.78, 5) is 26.8. The van der Waals surface area contributed by atoms with Crippen molar-refractivity contribution >= 4 is 24.0 Å². The van der Waals surface area contributed by atoms with E-state index in [0.717, 1.165) is 0 Å². The smallest absolute Gasteiger partial charge is 0.251 e.